The van der Waals surface area contributed by atoms with Crippen LogP contribution in [0.15, 0.2) is 22.0 Å². The number of nitrogens with zero attached hydrogens (tertiary/aromatic N) is 3. The first kappa shape index (κ1) is 15.8. The van der Waals surface area contributed by atoms with Crippen molar-refractivity contribution < 1.29 is 9.32 Å². The predicted molar refractivity (Wildman–Crippen MR) is 88.8 cm³/mol. The molecule has 3 aromatic heterocycles. The van der Waals surface area contributed by atoms with E-state index in [2.05, 4.69) is 20.4 Å². The van der Waals surface area contributed by atoms with Crippen molar-refractivity contribution in [3.05, 3.63) is 49.7 Å². The Morgan fingerprint density at radius 3 is 2.96 bits per heavy atom. The molecule has 0 unspecified atom stereocenters. The molecule has 3 heterocycles. The molecule has 1 amide bonds. The van der Waals surface area contributed by atoms with Crippen LogP contribution in [0.2, 0.25) is 0 Å². The minimum absolute atomic E-state index is 0.155. The second-order valence-electron chi connectivity index (χ2n) is 4.92. The van der Waals surface area contributed by atoms with Crippen LogP contribution in [0.4, 0.5) is 0 Å². The number of amides is 1. The summed E-state index contributed by atoms with van der Waals surface area (Å²) in [4.78, 5) is 22.7. The summed E-state index contributed by atoms with van der Waals surface area (Å²) in [7, 11) is 0. The number of carbonyl (C=O) groups excluding carboxylic acids is 1. The first-order valence-electron chi connectivity index (χ1n) is 7.24. The van der Waals surface area contributed by atoms with Crippen LogP contribution in [0.25, 0.3) is 0 Å². The lowest BCUT2D eigenvalue weighted by molar-refractivity contribution is 0.0949. The van der Waals surface area contributed by atoms with E-state index in [-0.39, 0.29) is 12.5 Å². The molecule has 0 saturated heterocycles. The highest BCUT2D eigenvalue weighted by molar-refractivity contribution is 7.13. The van der Waals surface area contributed by atoms with Crippen LogP contribution in [0.1, 0.15) is 43.9 Å². The largest absolute Gasteiger partial charge is 0.342 e. The molecule has 0 atom stereocenters. The summed E-state index contributed by atoms with van der Waals surface area (Å²) in [6.45, 7) is 4.08. The lowest BCUT2D eigenvalue weighted by atomic mass is 10.3. The summed E-state index contributed by atoms with van der Waals surface area (Å²) in [6.07, 6.45) is 1.47. The highest BCUT2D eigenvalue weighted by atomic mass is 32.1. The van der Waals surface area contributed by atoms with Crippen molar-refractivity contribution in [3.63, 3.8) is 0 Å². The number of aryl methyl sites for hydroxylation is 2. The van der Waals surface area contributed by atoms with E-state index in [1.54, 1.807) is 11.3 Å². The molecule has 23 heavy (non-hydrogen) atoms. The molecular weight excluding hydrogens is 332 g/mol. The minimum atomic E-state index is -0.155. The highest BCUT2D eigenvalue weighted by Gasteiger charge is 2.15. The van der Waals surface area contributed by atoms with Gasteiger partial charge in [-0.25, -0.2) is 4.98 Å². The number of aromatic nitrogens is 3. The summed E-state index contributed by atoms with van der Waals surface area (Å²) in [5.41, 5.74) is 0.758. The van der Waals surface area contributed by atoms with Gasteiger partial charge in [0.05, 0.1) is 17.2 Å². The molecule has 3 rings (SSSR count). The topological polar surface area (TPSA) is 80.9 Å². The smallest absolute Gasteiger partial charge is 0.263 e. The first-order valence-corrected chi connectivity index (χ1v) is 8.93. The standard InChI is InChI=1S/C15H16N4O2S2/c1-3-13-17-9(2)14(23-13)15(20)16-8-12-18-11(19-21-12)7-10-5-4-6-22-10/h4-6H,3,7-8H2,1-2H3,(H,16,20). The Hall–Kier alpha value is -2.06. The number of thiazole rings is 1. The van der Waals surface area contributed by atoms with Crippen LogP contribution in [0.5, 0.6) is 0 Å². The lowest BCUT2D eigenvalue weighted by Gasteiger charge is -1.99. The Bertz CT molecular complexity index is 792. The highest BCUT2D eigenvalue weighted by Crippen LogP contribution is 2.18. The fourth-order valence-electron chi connectivity index (χ4n) is 2.05. The van der Waals surface area contributed by atoms with E-state index in [0.29, 0.717) is 23.0 Å². The van der Waals surface area contributed by atoms with Gasteiger partial charge in [0.25, 0.3) is 5.91 Å². The predicted octanol–water partition coefficient (Wildman–Crippen LogP) is 2.98. The molecule has 0 radical (unpaired) electrons. The van der Waals surface area contributed by atoms with Gasteiger partial charge in [0.15, 0.2) is 5.82 Å². The van der Waals surface area contributed by atoms with Crippen molar-refractivity contribution >= 4 is 28.6 Å². The molecular formula is C15H16N4O2S2. The van der Waals surface area contributed by atoms with Crippen LogP contribution in [-0.4, -0.2) is 21.0 Å². The molecule has 1 N–H and O–H groups in total. The summed E-state index contributed by atoms with van der Waals surface area (Å²) < 4.78 is 5.17. The molecule has 0 fully saturated rings. The summed E-state index contributed by atoms with van der Waals surface area (Å²) in [5, 5.41) is 9.71. The molecule has 0 saturated carbocycles. The fraction of sp³-hybridized carbons (Fsp3) is 0.333. The molecule has 0 aliphatic rings. The molecule has 6 nitrogen and oxygen atoms in total. The number of hydrogen-bond donors (Lipinski definition) is 1. The maximum Gasteiger partial charge on any atom is 0.263 e. The van der Waals surface area contributed by atoms with Crippen molar-refractivity contribution in [1.82, 2.24) is 20.4 Å². The molecule has 0 bridgehead atoms. The van der Waals surface area contributed by atoms with Crippen LogP contribution < -0.4 is 5.32 Å². The second-order valence-corrected chi connectivity index (χ2v) is 7.03. The van der Waals surface area contributed by atoms with Gasteiger partial charge in [-0.2, -0.15) is 4.98 Å². The Morgan fingerprint density at radius 2 is 2.26 bits per heavy atom. The van der Waals surface area contributed by atoms with Crippen molar-refractivity contribution in [3.8, 4) is 0 Å². The number of rotatable bonds is 6. The van der Waals surface area contributed by atoms with Gasteiger partial charge in [0.1, 0.15) is 4.88 Å². The minimum Gasteiger partial charge on any atom is -0.342 e. The van der Waals surface area contributed by atoms with Gasteiger partial charge in [-0.3, -0.25) is 4.79 Å². The Kier molecular flexibility index (Phi) is 4.82. The van der Waals surface area contributed by atoms with E-state index in [4.69, 9.17) is 4.52 Å². The normalized spacial score (nSPS) is 10.9. The van der Waals surface area contributed by atoms with Gasteiger partial charge in [-0.15, -0.1) is 22.7 Å². The van der Waals surface area contributed by atoms with E-state index in [0.717, 1.165) is 17.1 Å². The van der Waals surface area contributed by atoms with Crippen LogP contribution in [0, 0.1) is 6.92 Å². The molecule has 0 aliphatic heterocycles. The lowest BCUT2D eigenvalue weighted by Crippen LogP contribution is -2.22. The Morgan fingerprint density at radius 1 is 1.39 bits per heavy atom. The number of hydrogen-bond acceptors (Lipinski definition) is 7. The number of thiophene rings is 1. The third-order valence-electron chi connectivity index (χ3n) is 3.17. The zero-order valence-corrected chi connectivity index (χ0v) is 14.5. The molecule has 0 spiro atoms. The number of nitrogens with one attached hydrogen (secondary N) is 1. The zero-order chi connectivity index (χ0) is 16.2. The van der Waals surface area contributed by atoms with Gasteiger partial charge in [0, 0.05) is 11.3 Å². The maximum absolute atomic E-state index is 12.2. The quantitative estimate of drug-likeness (QED) is 0.741. The van der Waals surface area contributed by atoms with Crippen LogP contribution in [-0.2, 0) is 19.4 Å². The molecule has 0 aliphatic carbocycles. The van der Waals surface area contributed by atoms with Crippen molar-refractivity contribution in [2.24, 2.45) is 0 Å². The molecule has 0 aromatic carbocycles. The van der Waals surface area contributed by atoms with Crippen molar-refractivity contribution in [1.29, 1.82) is 0 Å². The zero-order valence-electron chi connectivity index (χ0n) is 12.8. The van der Waals surface area contributed by atoms with Gasteiger partial charge in [-0.1, -0.05) is 18.1 Å². The monoisotopic (exact) mass is 348 g/mol. The number of carbonyl (C=O) groups is 1. The summed E-state index contributed by atoms with van der Waals surface area (Å²) in [5.74, 6) is 0.874. The van der Waals surface area contributed by atoms with Crippen molar-refractivity contribution in [2.75, 3.05) is 0 Å². The summed E-state index contributed by atoms with van der Waals surface area (Å²) >= 11 is 3.07. The summed E-state index contributed by atoms with van der Waals surface area (Å²) in [6, 6.07) is 4.02. The van der Waals surface area contributed by atoms with E-state index < -0.39 is 0 Å². The Balaban J connectivity index is 1.58. The van der Waals surface area contributed by atoms with Crippen molar-refractivity contribution in [2.45, 2.75) is 33.2 Å². The van der Waals surface area contributed by atoms with Gasteiger partial charge in [-0.05, 0) is 24.8 Å². The third-order valence-corrected chi connectivity index (χ3v) is 5.35. The van der Waals surface area contributed by atoms with E-state index in [1.165, 1.54) is 16.2 Å². The molecule has 120 valence electrons. The van der Waals surface area contributed by atoms with E-state index in [1.807, 2.05) is 31.4 Å². The Labute approximate surface area is 141 Å². The third kappa shape index (κ3) is 3.83. The fourth-order valence-corrected chi connectivity index (χ4v) is 3.68. The second kappa shape index (κ2) is 7.01. The molecule has 3 aromatic rings. The van der Waals surface area contributed by atoms with E-state index in [9.17, 15) is 4.79 Å². The van der Waals surface area contributed by atoms with Gasteiger partial charge < -0.3 is 9.84 Å². The van der Waals surface area contributed by atoms with Gasteiger partial charge in [0.2, 0.25) is 5.89 Å². The van der Waals surface area contributed by atoms with Crippen LogP contribution in [0.3, 0.4) is 0 Å². The molecule has 8 heteroatoms. The maximum atomic E-state index is 12.2. The average molecular weight is 348 g/mol. The van der Waals surface area contributed by atoms with Crippen LogP contribution >= 0.6 is 22.7 Å². The van der Waals surface area contributed by atoms with E-state index >= 15 is 0 Å². The SMILES string of the molecule is CCc1nc(C)c(C(=O)NCc2nc(Cc3cccs3)no2)s1. The average Bonchev–Trinajstić information content (AvgIpc) is 3.27. The first-order chi connectivity index (χ1) is 11.2. The van der Waals surface area contributed by atoms with Gasteiger partial charge >= 0.3 is 0 Å².